The van der Waals surface area contributed by atoms with Crippen molar-refractivity contribution in [2.75, 3.05) is 5.32 Å². The third-order valence-electron chi connectivity index (χ3n) is 3.27. The Labute approximate surface area is 134 Å². The summed E-state index contributed by atoms with van der Waals surface area (Å²) in [6.45, 7) is 6.53. The summed E-state index contributed by atoms with van der Waals surface area (Å²) in [4.78, 5) is 13.4. The summed E-state index contributed by atoms with van der Waals surface area (Å²) < 4.78 is 0. The third kappa shape index (κ3) is 3.14. The number of hydrogen-bond acceptors (Lipinski definition) is 5. The van der Waals surface area contributed by atoms with Gasteiger partial charge in [-0.2, -0.15) is 0 Å². The first kappa shape index (κ1) is 14.7. The van der Waals surface area contributed by atoms with Crippen molar-refractivity contribution in [2.45, 2.75) is 26.2 Å². The van der Waals surface area contributed by atoms with E-state index in [1.165, 1.54) is 5.56 Å². The zero-order chi connectivity index (χ0) is 15.6. The van der Waals surface area contributed by atoms with Crippen LogP contribution in [0.15, 0.2) is 48.1 Å². The minimum absolute atomic E-state index is 0.0255. The van der Waals surface area contributed by atoms with E-state index in [4.69, 9.17) is 0 Å². The van der Waals surface area contributed by atoms with Crippen LogP contribution in [0.2, 0.25) is 0 Å². The van der Waals surface area contributed by atoms with Gasteiger partial charge < -0.3 is 5.32 Å². The Bertz CT molecular complexity index is 760. The van der Waals surface area contributed by atoms with Crippen molar-refractivity contribution in [3.8, 4) is 11.4 Å². The highest BCUT2D eigenvalue weighted by Crippen LogP contribution is 2.31. The molecule has 3 aromatic heterocycles. The van der Waals surface area contributed by atoms with E-state index in [0.29, 0.717) is 0 Å². The zero-order valence-electron chi connectivity index (χ0n) is 12.9. The first-order valence-electron chi connectivity index (χ1n) is 7.13. The van der Waals surface area contributed by atoms with E-state index >= 15 is 0 Å². The lowest BCUT2D eigenvalue weighted by molar-refractivity contribution is 0.590. The molecule has 0 atom stereocenters. The SMILES string of the molecule is CC(C)(C)c1cccnc1Nc1nc(-c2ccccn2)cs1. The molecular weight excluding hydrogens is 292 g/mol. The molecule has 0 aliphatic carbocycles. The Morgan fingerprint density at radius 3 is 2.50 bits per heavy atom. The fourth-order valence-corrected chi connectivity index (χ4v) is 2.88. The Morgan fingerprint density at radius 2 is 1.77 bits per heavy atom. The van der Waals surface area contributed by atoms with Gasteiger partial charge in [0.2, 0.25) is 0 Å². The molecule has 3 aromatic rings. The van der Waals surface area contributed by atoms with E-state index in [9.17, 15) is 0 Å². The monoisotopic (exact) mass is 310 g/mol. The molecule has 22 heavy (non-hydrogen) atoms. The normalized spacial score (nSPS) is 11.4. The number of thiazole rings is 1. The topological polar surface area (TPSA) is 50.7 Å². The highest BCUT2D eigenvalue weighted by molar-refractivity contribution is 7.14. The largest absolute Gasteiger partial charge is 0.316 e. The minimum Gasteiger partial charge on any atom is -0.316 e. The van der Waals surface area contributed by atoms with Gasteiger partial charge in [0.1, 0.15) is 11.5 Å². The summed E-state index contributed by atoms with van der Waals surface area (Å²) in [5.74, 6) is 0.858. The van der Waals surface area contributed by atoms with Gasteiger partial charge in [0.25, 0.3) is 0 Å². The lowest BCUT2D eigenvalue weighted by atomic mass is 9.87. The molecule has 0 bridgehead atoms. The number of rotatable bonds is 3. The van der Waals surface area contributed by atoms with Crippen LogP contribution in [-0.2, 0) is 5.41 Å². The van der Waals surface area contributed by atoms with E-state index in [-0.39, 0.29) is 5.41 Å². The van der Waals surface area contributed by atoms with E-state index < -0.39 is 0 Å². The molecule has 0 saturated carbocycles. The lowest BCUT2D eigenvalue weighted by Gasteiger charge is -2.21. The van der Waals surface area contributed by atoms with Crippen LogP contribution in [0.3, 0.4) is 0 Å². The van der Waals surface area contributed by atoms with Gasteiger partial charge >= 0.3 is 0 Å². The van der Waals surface area contributed by atoms with Crippen LogP contribution in [0, 0.1) is 0 Å². The maximum atomic E-state index is 4.60. The number of anilines is 2. The summed E-state index contributed by atoms with van der Waals surface area (Å²) in [5.41, 5.74) is 2.95. The molecule has 0 spiro atoms. The van der Waals surface area contributed by atoms with Crippen LogP contribution in [0.5, 0.6) is 0 Å². The number of nitrogens with one attached hydrogen (secondary N) is 1. The van der Waals surface area contributed by atoms with Gasteiger partial charge in [0.05, 0.1) is 5.69 Å². The molecule has 3 rings (SSSR count). The molecule has 4 nitrogen and oxygen atoms in total. The molecule has 0 radical (unpaired) electrons. The molecule has 0 amide bonds. The average molecular weight is 310 g/mol. The zero-order valence-corrected chi connectivity index (χ0v) is 13.7. The van der Waals surface area contributed by atoms with Crippen molar-refractivity contribution >= 4 is 22.3 Å². The predicted molar refractivity (Wildman–Crippen MR) is 91.6 cm³/mol. The Balaban J connectivity index is 1.88. The van der Waals surface area contributed by atoms with Crippen LogP contribution < -0.4 is 5.32 Å². The summed E-state index contributed by atoms with van der Waals surface area (Å²) >= 11 is 1.56. The highest BCUT2D eigenvalue weighted by Gasteiger charge is 2.19. The number of hydrogen-bond donors (Lipinski definition) is 1. The number of nitrogens with zero attached hydrogens (tertiary/aromatic N) is 3. The molecule has 0 aromatic carbocycles. The van der Waals surface area contributed by atoms with Crippen LogP contribution in [0.1, 0.15) is 26.3 Å². The van der Waals surface area contributed by atoms with Gasteiger partial charge in [-0.3, -0.25) is 4.98 Å². The smallest absolute Gasteiger partial charge is 0.188 e. The van der Waals surface area contributed by atoms with Crippen LogP contribution in [0.25, 0.3) is 11.4 Å². The second kappa shape index (κ2) is 5.85. The van der Waals surface area contributed by atoms with Gasteiger partial charge in [0, 0.05) is 23.3 Å². The molecule has 112 valence electrons. The van der Waals surface area contributed by atoms with Gasteiger partial charge in [-0.05, 0) is 23.6 Å². The molecular formula is C17H18N4S. The van der Waals surface area contributed by atoms with Crippen molar-refractivity contribution in [3.63, 3.8) is 0 Å². The first-order valence-corrected chi connectivity index (χ1v) is 8.01. The van der Waals surface area contributed by atoms with Gasteiger partial charge in [0.15, 0.2) is 5.13 Å². The van der Waals surface area contributed by atoms with Gasteiger partial charge in [-0.25, -0.2) is 9.97 Å². The molecule has 0 saturated heterocycles. The van der Waals surface area contributed by atoms with Crippen molar-refractivity contribution in [3.05, 3.63) is 53.7 Å². The predicted octanol–water partition coefficient (Wildman–Crippen LogP) is 4.64. The van der Waals surface area contributed by atoms with Crippen molar-refractivity contribution in [1.82, 2.24) is 15.0 Å². The number of aromatic nitrogens is 3. The van der Waals surface area contributed by atoms with Crippen molar-refractivity contribution in [2.24, 2.45) is 0 Å². The van der Waals surface area contributed by atoms with E-state index in [1.807, 2.05) is 29.6 Å². The van der Waals surface area contributed by atoms with Crippen LogP contribution in [0.4, 0.5) is 10.9 Å². The Kier molecular flexibility index (Phi) is 3.90. The standard InChI is InChI=1S/C17H18N4S/c1-17(2,3)12-7-6-10-19-15(12)21-16-20-14(11-22-16)13-8-4-5-9-18-13/h4-11H,1-3H3,(H,19,20,21). The average Bonchev–Trinajstić information content (AvgIpc) is 2.96. The Morgan fingerprint density at radius 1 is 0.955 bits per heavy atom. The minimum atomic E-state index is 0.0255. The quantitative estimate of drug-likeness (QED) is 0.765. The maximum Gasteiger partial charge on any atom is 0.188 e. The van der Waals surface area contributed by atoms with Crippen molar-refractivity contribution in [1.29, 1.82) is 0 Å². The number of pyridine rings is 2. The molecule has 0 unspecified atom stereocenters. The highest BCUT2D eigenvalue weighted by atomic mass is 32.1. The fourth-order valence-electron chi connectivity index (χ4n) is 2.17. The third-order valence-corrected chi connectivity index (χ3v) is 4.03. The maximum absolute atomic E-state index is 4.60. The summed E-state index contributed by atoms with van der Waals surface area (Å²) in [6.07, 6.45) is 3.57. The van der Waals surface area contributed by atoms with E-state index in [0.717, 1.165) is 22.3 Å². The molecule has 0 aliphatic heterocycles. The van der Waals surface area contributed by atoms with Crippen LogP contribution in [-0.4, -0.2) is 15.0 Å². The molecule has 3 heterocycles. The molecule has 0 aliphatic rings. The second-order valence-corrected chi connectivity index (χ2v) is 6.89. The van der Waals surface area contributed by atoms with Gasteiger partial charge in [-0.15, -0.1) is 11.3 Å². The van der Waals surface area contributed by atoms with E-state index in [2.05, 4.69) is 47.1 Å². The van der Waals surface area contributed by atoms with E-state index in [1.54, 1.807) is 23.7 Å². The second-order valence-electron chi connectivity index (χ2n) is 6.03. The summed E-state index contributed by atoms with van der Waals surface area (Å²) in [7, 11) is 0. The van der Waals surface area contributed by atoms with Crippen LogP contribution >= 0.6 is 11.3 Å². The molecule has 1 N–H and O–H groups in total. The van der Waals surface area contributed by atoms with Gasteiger partial charge in [-0.1, -0.05) is 32.9 Å². The first-order chi connectivity index (χ1) is 10.5. The van der Waals surface area contributed by atoms with Crippen molar-refractivity contribution < 1.29 is 0 Å². The molecule has 0 fully saturated rings. The molecule has 5 heteroatoms. The Hall–Kier alpha value is -2.27. The lowest BCUT2D eigenvalue weighted by Crippen LogP contribution is -2.14. The summed E-state index contributed by atoms with van der Waals surface area (Å²) in [6, 6.07) is 9.89. The summed E-state index contributed by atoms with van der Waals surface area (Å²) in [5, 5.41) is 6.17. The fraction of sp³-hybridized carbons (Fsp3) is 0.235.